The Bertz CT molecular complexity index is 817. The Kier molecular flexibility index (Phi) is 27.3. The van der Waals surface area contributed by atoms with Crippen LogP contribution in [0.4, 0.5) is 0 Å². The topological polar surface area (TPSA) is 186 Å². The van der Waals surface area contributed by atoms with Crippen molar-refractivity contribution in [2.75, 3.05) is 6.61 Å². The fourth-order valence-corrected chi connectivity index (χ4v) is 6.44. The molecule has 0 radical (unpaired) electrons. The van der Waals surface area contributed by atoms with E-state index >= 15 is 0 Å². The molecule has 11 heteroatoms. The smallest absolute Gasteiger partial charge is 0.335 e. The molecule has 1 fully saturated rings. The van der Waals surface area contributed by atoms with Crippen molar-refractivity contribution in [3.8, 4) is 0 Å². The molecule has 49 heavy (non-hydrogen) atoms. The summed E-state index contributed by atoms with van der Waals surface area (Å²) < 4.78 is 10.8. The molecule has 1 aliphatic heterocycles. The van der Waals surface area contributed by atoms with Crippen LogP contribution in [-0.4, -0.2) is 98.1 Å². The van der Waals surface area contributed by atoms with Gasteiger partial charge in [0.15, 0.2) is 12.4 Å². The maximum Gasteiger partial charge on any atom is 0.335 e. The van der Waals surface area contributed by atoms with Gasteiger partial charge in [-0.15, -0.1) is 0 Å². The highest BCUT2D eigenvalue weighted by atomic mass is 16.7. The molecule has 290 valence electrons. The highest BCUT2D eigenvalue weighted by Gasteiger charge is 2.47. The number of aliphatic hydroxyl groups excluding tert-OH is 5. The second-order valence-electron chi connectivity index (χ2n) is 14.3. The van der Waals surface area contributed by atoms with Crippen molar-refractivity contribution in [3.05, 3.63) is 0 Å². The van der Waals surface area contributed by atoms with Gasteiger partial charge in [0, 0.05) is 0 Å². The van der Waals surface area contributed by atoms with Gasteiger partial charge in [0.1, 0.15) is 24.4 Å². The summed E-state index contributed by atoms with van der Waals surface area (Å²) >= 11 is 0. The van der Waals surface area contributed by atoms with Gasteiger partial charge in [0.05, 0.1) is 18.8 Å². The zero-order chi connectivity index (χ0) is 36.3. The van der Waals surface area contributed by atoms with Gasteiger partial charge >= 0.3 is 5.97 Å². The standard InChI is InChI=1S/C38H73NO10/c1-3-5-7-9-11-13-15-16-17-19-20-22-24-26-30(40)29(28-48-38-34(44)32(42)33(43)35(49-38)37(46)47)39-36(45)31(41)27-25-23-21-18-14-12-10-8-6-4-2/h29-35,38,40-44H,3-28H2,1-2H3,(H,39,45)(H,46,47)/t29-,30+,31+,32-,33-,34+,35-,38-/m0/s1. The van der Waals surface area contributed by atoms with Crippen molar-refractivity contribution in [2.45, 2.75) is 223 Å². The fourth-order valence-electron chi connectivity index (χ4n) is 6.44. The Labute approximate surface area is 296 Å². The Morgan fingerprint density at radius 1 is 0.612 bits per heavy atom. The van der Waals surface area contributed by atoms with E-state index in [4.69, 9.17) is 9.47 Å². The van der Waals surface area contributed by atoms with Crippen LogP contribution in [0.15, 0.2) is 0 Å². The van der Waals surface area contributed by atoms with Crippen molar-refractivity contribution in [3.63, 3.8) is 0 Å². The van der Waals surface area contributed by atoms with Crippen LogP contribution in [-0.2, 0) is 19.1 Å². The molecule has 1 amide bonds. The van der Waals surface area contributed by atoms with Gasteiger partial charge in [-0.3, -0.25) is 4.79 Å². The second kappa shape index (κ2) is 29.3. The van der Waals surface area contributed by atoms with Crippen LogP contribution in [0.5, 0.6) is 0 Å². The molecule has 1 aliphatic rings. The largest absolute Gasteiger partial charge is 0.479 e. The van der Waals surface area contributed by atoms with Crippen LogP contribution in [0.1, 0.15) is 174 Å². The lowest BCUT2D eigenvalue weighted by molar-refractivity contribution is -0.295. The number of nitrogens with one attached hydrogen (secondary N) is 1. The highest BCUT2D eigenvalue weighted by Crippen LogP contribution is 2.23. The molecule has 0 aromatic rings. The van der Waals surface area contributed by atoms with Gasteiger partial charge in [0.2, 0.25) is 5.91 Å². The van der Waals surface area contributed by atoms with Crippen LogP contribution in [0.3, 0.4) is 0 Å². The van der Waals surface area contributed by atoms with Crippen molar-refractivity contribution in [1.82, 2.24) is 5.32 Å². The average molecular weight is 704 g/mol. The quantitative estimate of drug-likeness (QED) is 0.0417. The van der Waals surface area contributed by atoms with Gasteiger partial charge in [-0.1, -0.05) is 162 Å². The number of carboxylic acid groups (broad SMARTS) is 1. The van der Waals surface area contributed by atoms with E-state index < -0.39 is 60.8 Å². The van der Waals surface area contributed by atoms with Crippen LogP contribution in [0, 0.1) is 0 Å². The lowest BCUT2D eigenvalue weighted by atomic mass is 9.99. The Balaban J connectivity index is 2.53. The van der Waals surface area contributed by atoms with Crippen LogP contribution in [0.25, 0.3) is 0 Å². The van der Waals surface area contributed by atoms with Crippen molar-refractivity contribution < 1.29 is 49.7 Å². The molecule has 1 saturated heterocycles. The zero-order valence-electron chi connectivity index (χ0n) is 30.8. The predicted molar refractivity (Wildman–Crippen MR) is 191 cm³/mol. The second-order valence-corrected chi connectivity index (χ2v) is 14.3. The Morgan fingerprint density at radius 3 is 1.45 bits per heavy atom. The molecule has 0 unspecified atom stereocenters. The summed E-state index contributed by atoms with van der Waals surface area (Å²) in [5.74, 6) is -2.17. The van der Waals surface area contributed by atoms with Gasteiger partial charge < -0.3 is 45.4 Å². The predicted octanol–water partition coefficient (Wildman–Crippen LogP) is 5.89. The summed E-state index contributed by atoms with van der Waals surface area (Å²) in [6, 6.07) is -0.977. The minimum absolute atomic E-state index is 0.291. The minimum atomic E-state index is -1.86. The third-order valence-corrected chi connectivity index (χ3v) is 9.78. The monoisotopic (exact) mass is 704 g/mol. The average Bonchev–Trinajstić information content (AvgIpc) is 3.08. The summed E-state index contributed by atoms with van der Waals surface area (Å²) in [7, 11) is 0. The molecule has 11 nitrogen and oxygen atoms in total. The van der Waals surface area contributed by atoms with E-state index in [0.717, 1.165) is 44.9 Å². The molecule has 0 bridgehead atoms. The number of unbranched alkanes of at least 4 members (excludes halogenated alkanes) is 21. The zero-order valence-corrected chi connectivity index (χ0v) is 30.8. The number of carbonyl (C=O) groups excluding carboxylic acids is 1. The third-order valence-electron chi connectivity index (χ3n) is 9.78. The first-order valence-electron chi connectivity index (χ1n) is 19.8. The molecule has 0 aliphatic carbocycles. The van der Waals surface area contributed by atoms with Crippen molar-refractivity contribution in [1.29, 1.82) is 0 Å². The van der Waals surface area contributed by atoms with E-state index in [1.165, 1.54) is 96.3 Å². The summed E-state index contributed by atoms with van der Waals surface area (Å²) in [6.45, 7) is 4.07. The number of rotatable bonds is 32. The summed E-state index contributed by atoms with van der Waals surface area (Å²) in [6.07, 6.45) is 16.3. The maximum atomic E-state index is 12.9. The van der Waals surface area contributed by atoms with E-state index in [1.54, 1.807) is 0 Å². The van der Waals surface area contributed by atoms with Crippen molar-refractivity contribution >= 4 is 11.9 Å². The summed E-state index contributed by atoms with van der Waals surface area (Å²) in [5, 5.41) is 64.1. The molecule has 1 rings (SSSR count). The number of hydrogen-bond acceptors (Lipinski definition) is 9. The minimum Gasteiger partial charge on any atom is -0.479 e. The fraction of sp³-hybridized carbons (Fsp3) is 0.947. The van der Waals surface area contributed by atoms with E-state index in [1.807, 2.05) is 0 Å². The molecular weight excluding hydrogens is 630 g/mol. The van der Waals surface area contributed by atoms with E-state index in [9.17, 15) is 40.2 Å². The number of carbonyl (C=O) groups is 2. The summed E-state index contributed by atoms with van der Waals surface area (Å²) in [4.78, 5) is 24.4. The third kappa shape index (κ3) is 20.9. The van der Waals surface area contributed by atoms with Crippen molar-refractivity contribution in [2.24, 2.45) is 0 Å². The summed E-state index contributed by atoms with van der Waals surface area (Å²) in [5.41, 5.74) is 0. The number of amides is 1. The number of ether oxygens (including phenoxy) is 2. The van der Waals surface area contributed by atoms with Crippen LogP contribution < -0.4 is 5.32 Å². The number of aliphatic hydroxyl groups is 5. The first-order valence-corrected chi connectivity index (χ1v) is 19.8. The molecule has 7 N–H and O–H groups in total. The van der Waals surface area contributed by atoms with E-state index in [0.29, 0.717) is 19.3 Å². The SMILES string of the molecule is CCCCCCCCCCCCCCC[C@@H](O)[C@H](CO[C@H]1O[C@H](C(=O)O)[C@@H](O)[C@H](O)[C@H]1O)NC(=O)[C@H](O)CCCCCCCCCCCC. The van der Waals surface area contributed by atoms with Gasteiger partial charge in [-0.2, -0.15) is 0 Å². The first-order chi connectivity index (χ1) is 23.6. The highest BCUT2D eigenvalue weighted by molar-refractivity contribution is 5.80. The lowest BCUT2D eigenvalue weighted by Crippen LogP contribution is -2.61. The lowest BCUT2D eigenvalue weighted by Gasteiger charge is -2.39. The Morgan fingerprint density at radius 2 is 1.02 bits per heavy atom. The first kappa shape index (κ1) is 45.7. The molecule has 0 aromatic heterocycles. The molecule has 0 aromatic carbocycles. The van der Waals surface area contributed by atoms with Gasteiger partial charge in [0.25, 0.3) is 0 Å². The van der Waals surface area contributed by atoms with E-state index in [-0.39, 0.29) is 6.61 Å². The van der Waals surface area contributed by atoms with Crippen LogP contribution >= 0.6 is 0 Å². The normalized spacial score (nSPS) is 22.9. The number of carboxylic acids is 1. The molecule has 8 atom stereocenters. The number of hydrogen-bond donors (Lipinski definition) is 7. The maximum absolute atomic E-state index is 12.9. The van der Waals surface area contributed by atoms with E-state index in [2.05, 4.69) is 19.2 Å². The van der Waals surface area contributed by atoms with Gasteiger partial charge in [-0.25, -0.2) is 4.79 Å². The molecule has 0 spiro atoms. The number of aliphatic carboxylic acids is 1. The Hall–Kier alpha value is -1.34. The molecular formula is C38H73NO10. The van der Waals surface area contributed by atoms with Gasteiger partial charge in [-0.05, 0) is 12.8 Å². The molecule has 1 heterocycles. The van der Waals surface area contributed by atoms with Crippen LogP contribution in [0.2, 0.25) is 0 Å². The molecule has 0 saturated carbocycles.